The van der Waals surface area contributed by atoms with Gasteiger partial charge in [-0.25, -0.2) is 9.48 Å². The Bertz CT molecular complexity index is 943. The Kier molecular flexibility index (Phi) is 6.59. The van der Waals surface area contributed by atoms with Crippen molar-refractivity contribution in [3.63, 3.8) is 0 Å². The maximum atomic E-state index is 12.9. The number of halogens is 1. The number of ether oxygens (including phenoxy) is 1. The molecular formula is C22H24ClN5O2. The Hall–Kier alpha value is -2.93. The first-order valence-corrected chi connectivity index (χ1v) is 10.5. The Morgan fingerprint density at radius 1 is 1.10 bits per heavy atom. The van der Waals surface area contributed by atoms with E-state index in [1.54, 1.807) is 11.0 Å². The molecule has 1 aromatic heterocycles. The summed E-state index contributed by atoms with van der Waals surface area (Å²) in [4.78, 5) is 14.7. The third kappa shape index (κ3) is 5.16. The number of piperidine rings is 1. The Balaban J connectivity index is 1.37. The fraction of sp³-hybridized carbons (Fsp3) is 0.364. The van der Waals surface area contributed by atoms with Crippen molar-refractivity contribution in [1.82, 2.24) is 25.1 Å². The van der Waals surface area contributed by atoms with Crippen molar-refractivity contribution in [2.24, 2.45) is 5.92 Å². The van der Waals surface area contributed by atoms with Gasteiger partial charge in [0.05, 0.1) is 6.54 Å². The number of hydrogen-bond donors (Lipinski definition) is 0. The summed E-state index contributed by atoms with van der Waals surface area (Å²) in [6.45, 7) is 1.68. The molecule has 1 amide bonds. The molecule has 7 nitrogen and oxygen atoms in total. The molecule has 1 saturated heterocycles. The van der Waals surface area contributed by atoms with Gasteiger partial charge in [-0.05, 0) is 47.2 Å². The van der Waals surface area contributed by atoms with Gasteiger partial charge in [0.1, 0.15) is 12.4 Å². The van der Waals surface area contributed by atoms with Gasteiger partial charge in [0.15, 0.2) is 0 Å². The Labute approximate surface area is 180 Å². The van der Waals surface area contributed by atoms with Gasteiger partial charge >= 0.3 is 6.09 Å². The number of carbonyl (C=O) groups is 1. The largest absolute Gasteiger partial charge is 0.439 e. The van der Waals surface area contributed by atoms with Crippen molar-refractivity contribution >= 4 is 17.7 Å². The van der Waals surface area contributed by atoms with Crippen molar-refractivity contribution in [1.29, 1.82) is 0 Å². The number of carbonyl (C=O) groups excluding carboxylic acids is 1. The topological polar surface area (TPSA) is 73.1 Å². The first kappa shape index (κ1) is 20.3. The predicted octanol–water partition coefficient (Wildman–Crippen LogP) is 4.16. The van der Waals surface area contributed by atoms with Crippen LogP contribution in [0.15, 0.2) is 60.9 Å². The molecule has 156 valence electrons. The van der Waals surface area contributed by atoms with Gasteiger partial charge in [-0.1, -0.05) is 60.1 Å². The number of likely N-dealkylation sites (tertiary alicyclic amines) is 1. The summed E-state index contributed by atoms with van der Waals surface area (Å²) in [6, 6.07) is 17.9. The summed E-state index contributed by atoms with van der Waals surface area (Å²) >= 11 is 6.36. The van der Waals surface area contributed by atoms with Crippen molar-refractivity contribution in [3.05, 3.63) is 77.1 Å². The monoisotopic (exact) mass is 425 g/mol. The third-order valence-electron chi connectivity index (χ3n) is 5.48. The van der Waals surface area contributed by atoms with Gasteiger partial charge in [0.25, 0.3) is 0 Å². The van der Waals surface area contributed by atoms with Crippen LogP contribution in [0.5, 0.6) is 0 Å². The molecule has 2 aromatic carbocycles. The molecular weight excluding hydrogens is 402 g/mol. The molecule has 1 fully saturated rings. The van der Waals surface area contributed by atoms with Crippen molar-refractivity contribution in [2.75, 3.05) is 13.1 Å². The summed E-state index contributed by atoms with van der Waals surface area (Å²) < 4.78 is 7.40. The van der Waals surface area contributed by atoms with E-state index in [2.05, 4.69) is 39.8 Å². The molecule has 0 radical (unpaired) electrons. The van der Waals surface area contributed by atoms with Crippen LogP contribution in [0, 0.1) is 5.92 Å². The van der Waals surface area contributed by atoms with E-state index in [0.717, 1.165) is 24.8 Å². The summed E-state index contributed by atoms with van der Waals surface area (Å²) in [6.07, 6.45) is 3.57. The fourth-order valence-electron chi connectivity index (χ4n) is 3.83. The molecule has 2 heterocycles. The lowest BCUT2D eigenvalue weighted by atomic mass is 9.90. The molecule has 30 heavy (non-hydrogen) atoms. The molecule has 0 aliphatic carbocycles. The quantitative estimate of drug-likeness (QED) is 0.592. The molecule has 1 unspecified atom stereocenters. The maximum absolute atomic E-state index is 12.9. The van der Waals surface area contributed by atoms with E-state index in [9.17, 15) is 4.79 Å². The van der Waals surface area contributed by atoms with Gasteiger partial charge in [-0.2, -0.15) is 0 Å². The second-order valence-electron chi connectivity index (χ2n) is 7.55. The highest BCUT2D eigenvalue weighted by atomic mass is 35.5. The van der Waals surface area contributed by atoms with Crippen LogP contribution >= 0.6 is 11.6 Å². The van der Waals surface area contributed by atoms with E-state index in [4.69, 9.17) is 16.3 Å². The standard InChI is InChI=1S/C22H24ClN5O2/c23-20-9-5-4-8-19(20)21(15-28-16-24-25-26-28)30-22(29)27-12-10-18(11-13-27)14-17-6-2-1-3-7-17/h1-9,16,18,21H,10-15H2. The lowest BCUT2D eigenvalue weighted by molar-refractivity contribution is 0.0437. The van der Waals surface area contributed by atoms with Crippen LogP contribution in [-0.4, -0.2) is 44.3 Å². The number of tetrazole rings is 1. The van der Waals surface area contributed by atoms with Gasteiger partial charge in [-0.3, -0.25) is 0 Å². The number of aromatic nitrogens is 4. The molecule has 0 spiro atoms. The molecule has 3 aromatic rings. The summed E-state index contributed by atoms with van der Waals surface area (Å²) in [5, 5.41) is 11.7. The zero-order valence-electron chi connectivity index (χ0n) is 16.6. The van der Waals surface area contributed by atoms with E-state index >= 15 is 0 Å². The second-order valence-corrected chi connectivity index (χ2v) is 7.95. The van der Waals surface area contributed by atoms with Crippen LogP contribution in [0.1, 0.15) is 30.1 Å². The summed E-state index contributed by atoms with van der Waals surface area (Å²) in [7, 11) is 0. The maximum Gasteiger partial charge on any atom is 0.410 e. The molecule has 0 N–H and O–H groups in total. The van der Waals surface area contributed by atoms with E-state index in [1.807, 2.05) is 24.3 Å². The van der Waals surface area contributed by atoms with Crippen LogP contribution in [0.2, 0.25) is 5.02 Å². The van der Waals surface area contributed by atoms with Crippen molar-refractivity contribution in [2.45, 2.75) is 31.9 Å². The van der Waals surface area contributed by atoms with Gasteiger partial charge in [0, 0.05) is 23.7 Å². The van der Waals surface area contributed by atoms with Crippen LogP contribution in [0.4, 0.5) is 4.79 Å². The zero-order valence-corrected chi connectivity index (χ0v) is 17.4. The molecule has 0 saturated carbocycles. The van der Waals surface area contributed by atoms with Crippen LogP contribution in [-0.2, 0) is 17.7 Å². The number of benzene rings is 2. The molecule has 4 rings (SSSR count). The zero-order chi connectivity index (χ0) is 20.8. The number of rotatable bonds is 6. The van der Waals surface area contributed by atoms with Gasteiger partial charge in [0.2, 0.25) is 0 Å². The van der Waals surface area contributed by atoms with E-state index in [0.29, 0.717) is 30.6 Å². The van der Waals surface area contributed by atoms with Crippen molar-refractivity contribution in [3.8, 4) is 0 Å². The normalized spacial score (nSPS) is 15.7. The minimum Gasteiger partial charge on any atom is -0.439 e. The van der Waals surface area contributed by atoms with Gasteiger partial charge in [-0.15, -0.1) is 5.10 Å². The average molecular weight is 426 g/mol. The SMILES string of the molecule is O=C(OC(Cn1cnnn1)c1ccccc1Cl)N1CCC(Cc2ccccc2)CC1. The van der Waals surface area contributed by atoms with Crippen molar-refractivity contribution < 1.29 is 9.53 Å². The molecule has 0 bridgehead atoms. The molecule has 1 aliphatic rings. The average Bonchev–Trinajstić information content (AvgIpc) is 3.28. The first-order chi connectivity index (χ1) is 14.7. The predicted molar refractivity (Wildman–Crippen MR) is 113 cm³/mol. The fourth-order valence-corrected chi connectivity index (χ4v) is 4.09. The highest BCUT2D eigenvalue weighted by molar-refractivity contribution is 6.31. The highest BCUT2D eigenvalue weighted by Crippen LogP contribution is 2.29. The van der Waals surface area contributed by atoms with E-state index in [1.165, 1.54) is 16.6 Å². The van der Waals surface area contributed by atoms with E-state index < -0.39 is 6.10 Å². The van der Waals surface area contributed by atoms with Crippen LogP contribution in [0.3, 0.4) is 0 Å². The van der Waals surface area contributed by atoms with Crippen LogP contribution in [0.25, 0.3) is 0 Å². The highest BCUT2D eigenvalue weighted by Gasteiger charge is 2.27. The third-order valence-corrected chi connectivity index (χ3v) is 5.82. The smallest absolute Gasteiger partial charge is 0.410 e. The number of hydrogen-bond acceptors (Lipinski definition) is 5. The minimum absolute atomic E-state index is 0.299. The lowest BCUT2D eigenvalue weighted by Gasteiger charge is -2.32. The minimum atomic E-state index is -0.572. The van der Waals surface area contributed by atoms with Crippen LogP contribution < -0.4 is 0 Å². The first-order valence-electron chi connectivity index (χ1n) is 10.1. The molecule has 1 aliphatic heterocycles. The summed E-state index contributed by atoms with van der Waals surface area (Å²) in [5.74, 6) is 0.581. The van der Waals surface area contributed by atoms with E-state index in [-0.39, 0.29) is 6.09 Å². The number of amides is 1. The molecule has 8 heteroatoms. The Morgan fingerprint density at radius 2 is 1.83 bits per heavy atom. The summed E-state index contributed by atoms with van der Waals surface area (Å²) in [5.41, 5.74) is 2.08. The number of nitrogens with zero attached hydrogens (tertiary/aromatic N) is 5. The van der Waals surface area contributed by atoms with Gasteiger partial charge < -0.3 is 9.64 Å². The Morgan fingerprint density at radius 3 is 2.53 bits per heavy atom. The molecule has 1 atom stereocenters. The second kappa shape index (κ2) is 9.71. The lowest BCUT2D eigenvalue weighted by Crippen LogP contribution is -2.40.